The molecule has 82 valence electrons. The average Bonchev–Trinajstić information content (AvgIpc) is 2.85. The zero-order valence-electron chi connectivity index (χ0n) is 8.27. The van der Waals surface area contributed by atoms with Gasteiger partial charge in [-0.05, 0) is 37.5 Å². The molecule has 0 heterocycles. The normalized spacial score (nSPS) is 16.5. The summed E-state index contributed by atoms with van der Waals surface area (Å²) in [6.07, 6.45) is -2.65. The van der Waals surface area contributed by atoms with E-state index in [9.17, 15) is 13.2 Å². The van der Waals surface area contributed by atoms with E-state index in [1.165, 1.54) is 12.1 Å². The van der Waals surface area contributed by atoms with E-state index in [2.05, 4.69) is 0 Å². The SMILES string of the molecule is Cc1ccc(C(F)(F)F)c(OC2CC2)c1. The van der Waals surface area contributed by atoms with Gasteiger partial charge in [0.1, 0.15) is 5.75 Å². The highest BCUT2D eigenvalue weighted by Crippen LogP contribution is 2.39. The Kier molecular flexibility index (Phi) is 2.37. The molecule has 0 aromatic heterocycles. The monoisotopic (exact) mass is 216 g/mol. The summed E-state index contributed by atoms with van der Waals surface area (Å²) in [6.45, 7) is 1.75. The summed E-state index contributed by atoms with van der Waals surface area (Å²) in [5, 5.41) is 0. The van der Waals surface area contributed by atoms with Crippen molar-refractivity contribution >= 4 is 0 Å². The van der Waals surface area contributed by atoms with E-state index in [0.717, 1.165) is 24.5 Å². The molecule has 1 nitrogen and oxygen atoms in total. The molecule has 0 amide bonds. The molecule has 1 aromatic rings. The molecule has 1 fully saturated rings. The van der Waals surface area contributed by atoms with Crippen LogP contribution in [0.25, 0.3) is 0 Å². The second-order valence-electron chi connectivity index (χ2n) is 3.81. The van der Waals surface area contributed by atoms with Gasteiger partial charge < -0.3 is 4.74 Å². The van der Waals surface area contributed by atoms with Crippen molar-refractivity contribution in [2.75, 3.05) is 0 Å². The predicted octanol–water partition coefficient (Wildman–Crippen LogP) is 3.56. The standard InChI is InChI=1S/C11H11F3O/c1-7-2-5-9(11(12,13)14)10(6-7)15-8-3-4-8/h2,5-6,8H,3-4H2,1H3. The first-order chi connectivity index (χ1) is 6.97. The van der Waals surface area contributed by atoms with Crippen LogP contribution in [0.1, 0.15) is 24.0 Å². The first kappa shape index (κ1) is 10.3. The predicted molar refractivity (Wildman–Crippen MR) is 49.8 cm³/mol. The summed E-state index contributed by atoms with van der Waals surface area (Å²) in [5.41, 5.74) is 0.0960. The van der Waals surface area contributed by atoms with Gasteiger partial charge in [0.05, 0.1) is 11.7 Å². The molecule has 1 aliphatic rings. The van der Waals surface area contributed by atoms with E-state index < -0.39 is 11.7 Å². The van der Waals surface area contributed by atoms with Gasteiger partial charge in [0, 0.05) is 0 Å². The van der Waals surface area contributed by atoms with Crippen molar-refractivity contribution in [3.05, 3.63) is 29.3 Å². The number of ether oxygens (including phenoxy) is 1. The summed E-state index contributed by atoms with van der Waals surface area (Å²) >= 11 is 0. The highest BCUT2D eigenvalue weighted by atomic mass is 19.4. The van der Waals surface area contributed by atoms with Gasteiger partial charge in [-0.1, -0.05) is 6.07 Å². The van der Waals surface area contributed by atoms with Crippen LogP contribution in [0, 0.1) is 6.92 Å². The van der Waals surface area contributed by atoms with Crippen molar-refractivity contribution in [3.63, 3.8) is 0 Å². The lowest BCUT2D eigenvalue weighted by atomic mass is 10.1. The van der Waals surface area contributed by atoms with Gasteiger partial charge in [-0.25, -0.2) is 0 Å². The number of aryl methyl sites for hydroxylation is 1. The molecule has 1 aliphatic carbocycles. The summed E-state index contributed by atoms with van der Waals surface area (Å²) in [4.78, 5) is 0. The molecule has 0 N–H and O–H groups in total. The van der Waals surface area contributed by atoms with Gasteiger partial charge >= 0.3 is 6.18 Å². The van der Waals surface area contributed by atoms with Crippen molar-refractivity contribution in [2.45, 2.75) is 32.0 Å². The Labute approximate surface area is 85.9 Å². The molecule has 2 rings (SSSR count). The van der Waals surface area contributed by atoms with Crippen LogP contribution in [0.3, 0.4) is 0 Å². The van der Waals surface area contributed by atoms with Crippen LogP contribution in [-0.2, 0) is 6.18 Å². The van der Waals surface area contributed by atoms with Gasteiger partial charge in [0.15, 0.2) is 0 Å². The number of hydrogen-bond donors (Lipinski definition) is 0. The molecule has 0 spiro atoms. The zero-order valence-corrected chi connectivity index (χ0v) is 8.27. The zero-order chi connectivity index (χ0) is 11.1. The molecule has 0 bridgehead atoms. The Morgan fingerprint density at radius 1 is 1.27 bits per heavy atom. The number of hydrogen-bond acceptors (Lipinski definition) is 1. The Balaban J connectivity index is 2.34. The van der Waals surface area contributed by atoms with E-state index in [1.807, 2.05) is 0 Å². The van der Waals surface area contributed by atoms with Crippen LogP contribution in [-0.4, -0.2) is 6.10 Å². The van der Waals surface area contributed by atoms with E-state index in [0.29, 0.717) is 0 Å². The molecule has 1 saturated carbocycles. The van der Waals surface area contributed by atoms with Crippen LogP contribution in [0.4, 0.5) is 13.2 Å². The van der Waals surface area contributed by atoms with Crippen molar-refractivity contribution < 1.29 is 17.9 Å². The molecule has 1 aromatic carbocycles. The lowest BCUT2D eigenvalue weighted by molar-refractivity contribution is -0.139. The lowest BCUT2D eigenvalue weighted by Gasteiger charge is -2.14. The lowest BCUT2D eigenvalue weighted by Crippen LogP contribution is -2.09. The van der Waals surface area contributed by atoms with Crippen molar-refractivity contribution in [1.29, 1.82) is 0 Å². The molecule has 0 radical (unpaired) electrons. The molecule has 0 saturated heterocycles. The quantitative estimate of drug-likeness (QED) is 0.734. The number of alkyl halides is 3. The van der Waals surface area contributed by atoms with E-state index in [-0.39, 0.29) is 11.9 Å². The fourth-order valence-electron chi connectivity index (χ4n) is 1.33. The van der Waals surface area contributed by atoms with Crippen molar-refractivity contribution in [1.82, 2.24) is 0 Å². The minimum absolute atomic E-state index is 0.0205. The first-order valence-corrected chi connectivity index (χ1v) is 4.81. The topological polar surface area (TPSA) is 9.23 Å². The maximum atomic E-state index is 12.6. The van der Waals surface area contributed by atoms with Crippen LogP contribution in [0.5, 0.6) is 5.75 Å². The minimum Gasteiger partial charge on any atom is -0.490 e. The van der Waals surface area contributed by atoms with Crippen molar-refractivity contribution in [2.24, 2.45) is 0 Å². The molecular formula is C11H11F3O. The second kappa shape index (κ2) is 3.43. The fraction of sp³-hybridized carbons (Fsp3) is 0.455. The van der Waals surface area contributed by atoms with E-state index >= 15 is 0 Å². The fourth-order valence-corrected chi connectivity index (χ4v) is 1.33. The van der Waals surface area contributed by atoms with E-state index in [4.69, 9.17) is 4.74 Å². The Morgan fingerprint density at radius 2 is 1.93 bits per heavy atom. The van der Waals surface area contributed by atoms with E-state index in [1.54, 1.807) is 6.92 Å². The Hall–Kier alpha value is -1.19. The highest BCUT2D eigenvalue weighted by molar-refractivity contribution is 5.39. The smallest absolute Gasteiger partial charge is 0.419 e. The third-order valence-electron chi connectivity index (χ3n) is 2.26. The number of rotatable bonds is 2. The molecule has 0 atom stereocenters. The van der Waals surface area contributed by atoms with Gasteiger partial charge in [-0.15, -0.1) is 0 Å². The molecule has 0 unspecified atom stereocenters. The second-order valence-corrected chi connectivity index (χ2v) is 3.81. The third-order valence-corrected chi connectivity index (χ3v) is 2.26. The molecule has 0 aliphatic heterocycles. The molecular weight excluding hydrogens is 205 g/mol. The number of halogens is 3. The van der Waals surface area contributed by atoms with Gasteiger partial charge in [0.2, 0.25) is 0 Å². The third kappa shape index (κ3) is 2.43. The van der Waals surface area contributed by atoms with Crippen molar-refractivity contribution in [3.8, 4) is 5.75 Å². The Bertz CT molecular complexity index is 367. The van der Waals surface area contributed by atoms with Crippen LogP contribution in [0.2, 0.25) is 0 Å². The molecule has 4 heteroatoms. The van der Waals surface area contributed by atoms with Gasteiger partial charge in [0.25, 0.3) is 0 Å². The summed E-state index contributed by atoms with van der Waals surface area (Å²) in [5.74, 6) is -0.0370. The highest BCUT2D eigenvalue weighted by Gasteiger charge is 2.36. The maximum Gasteiger partial charge on any atom is 0.419 e. The maximum absolute atomic E-state index is 12.6. The van der Waals surface area contributed by atoms with Gasteiger partial charge in [-0.2, -0.15) is 13.2 Å². The summed E-state index contributed by atoms with van der Waals surface area (Å²) in [7, 11) is 0. The van der Waals surface area contributed by atoms with Gasteiger partial charge in [-0.3, -0.25) is 0 Å². The average molecular weight is 216 g/mol. The number of benzene rings is 1. The largest absolute Gasteiger partial charge is 0.490 e. The van der Waals surface area contributed by atoms with Crippen LogP contribution in [0.15, 0.2) is 18.2 Å². The van der Waals surface area contributed by atoms with Crippen LogP contribution < -0.4 is 4.74 Å². The summed E-state index contributed by atoms with van der Waals surface area (Å²) < 4.78 is 43.0. The summed E-state index contributed by atoms with van der Waals surface area (Å²) in [6, 6.07) is 3.97. The minimum atomic E-state index is -4.34. The first-order valence-electron chi connectivity index (χ1n) is 4.81. The van der Waals surface area contributed by atoms with Crippen LogP contribution >= 0.6 is 0 Å². The molecule has 15 heavy (non-hydrogen) atoms. The Morgan fingerprint density at radius 3 is 2.47 bits per heavy atom.